The number of benzene rings is 1. The second kappa shape index (κ2) is 8.30. The summed E-state index contributed by atoms with van der Waals surface area (Å²) >= 11 is 1.64. The van der Waals surface area contributed by atoms with E-state index in [9.17, 15) is 9.59 Å². The number of carbonyl (C=O) groups excluding carboxylic acids is 2. The van der Waals surface area contributed by atoms with E-state index < -0.39 is 11.9 Å². The van der Waals surface area contributed by atoms with Crippen molar-refractivity contribution < 1.29 is 14.3 Å². The molecule has 0 radical (unpaired) electrons. The van der Waals surface area contributed by atoms with Crippen LogP contribution >= 0.6 is 11.3 Å². The molecule has 0 N–H and O–H groups in total. The molecule has 118 valence electrons. The normalized spacial score (nSPS) is 9.83. The molecule has 0 amide bonds. The van der Waals surface area contributed by atoms with Gasteiger partial charge in [0.05, 0.1) is 11.3 Å². The van der Waals surface area contributed by atoms with Gasteiger partial charge in [0.1, 0.15) is 0 Å². The fourth-order valence-electron chi connectivity index (χ4n) is 1.88. The van der Waals surface area contributed by atoms with E-state index in [-0.39, 0.29) is 12.8 Å². The van der Waals surface area contributed by atoms with Crippen LogP contribution in [0.2, 0.25) is 0 Å². The Balaban J connectivity index is 1.90. The van der Waals surface area contributed by atoms with Gasteiger partial charge in [0.15, 0.2) is 0 Å². The van der Waals surface area contributed by atoms with Crippen LogP contribution in [0.4, 0.5) is 0 Å². The van der Waals surface area contributed by atoms with Crippen LogP contribution in [0.15, 0.2) is 35.7 Å². The Kier molecular flexibility index (Phi) is 6.13. The fraction of sp³-hybridized carbons (Fsp3) is 0.263. The number of carbonyl (C=O) groups is 2. The average molecular weight is 326 g/mol. The number of ether oxygens (including phenoxy) is 1. The molecule has 0 bridgehead atoms. The van der Waals surface area contributed by atoms with Crippen LogP contribution in [-0.4, -0.2) is 11.9 Å². The van der Waals surface area contributed by atoms with E-state index in [1.54, 1.807) is 18.3 Å². The van der Waals surface area contributed by atoms with E-state index in [1.807, 2.05) is 36.6 Å². The standard InChI is InChI=1S/C19H18O3S/c1-3-18(20)22-19(21)11-9-16-6-4-15(5-7-16)8-10-17-14(2)12-13-23-17/h4-7,12-13H,3,9,11H2,1-2H3. The molecule has 0 saturated carbocycles. The SMILES string of the molecule is CCC(=O)OC(=O)CCc1ccc(C#Cc2sccc2C)cc1. The number of hydrogen-bond donors (Lipinski definition) is 0. The molecule has 0 saturated heterocycles. The quantitative estimate of drug-likeness (QED) is 0.487. The summed E-state index contributed by atoms with van der Waals surface area (Å²) in [6, 6.07) is 9.82. The molecule has 1 aromatic heterocycles. The lowest BCUT2D eigenvalue weighted by molar-refractivity contribution is -0.159. The first-order valence-corrected chi connectivity index (χ1v) is 8.35. The van der Waals surface area contributed by atoms with Crippen molar-refractivity contribution in [3.63, 3.8) is 0 Å². The third-order valence-corrected chi connectivity index (χ3v) is 4.20. The van der Waals surface area contributed by atoms with Crippen molar-refractivity contribution in [2.75, 3.05) is 0 Å². The van der Waals surface area contributed by atoms with Gasteiger partial charge in [-0.1, -0.05) is 30.9 Å². The predicted molar refractivity (Wildman–Crippen MR) is 91.2 cm³/mol. The molecule has 1 heterocycles. The van der Waals surface area contributed by atoms with Crippen LogP contribution < -0.4 is 0 Å². The van der Waals surface area contributed by atoms with Gasteiger partial charge in [0, 0.05) is 12.0 Å². The molecule has 0 unspecified atom stereocenters. The summed E-state index contributed by atoms with van der Waals surface area (Å²) in [6.07, 6.45) is 0.960. The molecule has 3 nitrogen and oxygen atoms in total. The Morgan fingerprint density at radius 3 is 2.43 bits per heavy atom. The Hall–Kier alpha value is -2.38. The lowest BCUT2D eigenvalue weighted by atomic mass is 10.1. The zero-order valence-electron chi connectivity index (χ0n) is 13.2. The molecule has 1 aromatic carbocycles. The fourth-order valence-corrected chi connectivity index (χ4v) is 2.65. The summed E-state index contributed by atoms with van der Waals surface area (Å²) in [7, 11) is 0. The number of hydrogen-bond acceptors (Lipinski definition) is 4. The molecule has 4 heteroatoms. The maximum atomic E-state index is 11.5. The number of rotatable bonds is 4. The van der Waals surface area contributed by atoms with Gasteiger partial charge in [-0.25, -0.2) is 0 Å². The van der Waals surface area contributed by atoms with Crippen LogP contribution in [0.1, 0.15) is 41.3 Å². The smallest absolute Gasteiger partial charge is 0.313 e. The van der Waals surface area contributed by atoms with Crippen LogP contribution in [-0.2, 0) is 20.7 Å². The van der Waals surface area contributed by atoms with Gasteiger partial charge in [-0.05, 0) is 48.1 Å². The van der Waals surface area contributed by atoms with E-state index >= 15 is 0 Å². The van der Waals surface area contributed by atoms with E-state index in [0.29, 0.717) is 6.42 Å². The van der Waals surface area contributed by atoms with Crippen LogP contribution in [0, 0.1) is 18.8 Å². The Bertz CT molecular complexity index is 745. The van der Waals surface area contributed by atoms with E-state index in [2.05, 4.69) is 22.6 Å². The van der Waals surface area contributed by atoms with Gasteiger partial charge in [-0.2, -0.15) is 0 Å². The lowest BCUT2D eigenvalue weighted by Gasteiger charge is -2.02. The predicted octanol–water partition coefficient (Wildman–Crippen LogP) is 3.87. The highest BCUT2D eigenvalue weighted by atomic mass is 32.1. The third kappa shape index (κ3) is 5.39. The highest BCUT2D eigenvalue weighted by molar-refractivity contribution is 7.10. The summed E-state index contributed by atoms with van der Waals surface area (Å²) in [5.74, 6) is 5.34. The zero-order valence-corrected chi connectivity index (χ0v) is 14.0. The first kappa shape index (κ1) is 17.0. The number of esters is 2. The molecular weight excluding hydrogens is 308 g/mol. The van der Waals surface area contributed by atoms with Crippen LogP contribution in [0.5, 0.6) is 0 Å². The molecule has 0 fully saturated rings. The monoisotopic (exact) mass is 326 g/mol. The van der Waals surface area contributed by atoms with Gasteiger partial charge < -0.3 is 4.74 Å². The molecular formula is C19H18O3S. The molecule has 2 rings (SSSR count). The van der Waals surface area contributed by atoms with Crippen molar-refractivity contribution in [1.82, 2.24) is 0 Å². The van der Waals surface area contributed by atoms with Crippen molar-refractivity contribution in [3.8, 4) is 11.8 Å². The summed E-state index contributed by atoms with van der Waals surface area (Å²) in [6.45, 7) is 3.71. The number of thiophene rings is 1. The van der Waals surface area contributed by atoms with Gasteiger partial charge in [-0.15, -0.1) is 11.3 Å². The lowest BCUT2D eigenvalue weighted by Crippen LogP contribution is -2.11. The largest absolute Gasteiger partial charge is 0.393 e. The Morgan fingerprint density at radius 2 is 1.83 bits per heavy atom. The Morgan fingerprint density at radius 1 is 1.09 bits per heavy atom. The first-order chi connectivity index (χ1) is 11.1. The van der Waals surface area contributed by atoms with E-state index in [4.69, 9.17) is 0 Å². The summed E-state index contributed by atoms with van der Waals surface area (Å²) in [5, 5.41) is 2.03. The highest BCUT2D eigenvalue weighted by Crippen LogP contribution is 2.14. The second-order valence-electron chi connectivity index (χ2n) is 5.08. The van der Waals surface area contributed by atoms with Gasteiger partial charge in [-0.3, -0.25) is 9.59 Å². The highest BCUT2D eigenvalue weighted by Gasteiger charge is 2.08. The minimum absolute atomic E-state index is 0.200. The van der Waals surface area contributed by atoms with E-state index in [0.717, 1.165) is 16.0 Å². The molecule has 0 aliphatic rings. The molecule has 0 aliphatic carbocycles. The minimum atomic E-state index is -0.482. The van der Waals surface area contributed by atoms with Gasteiger partial charge in [0.2, 0.25) is 0 Å². The number of aryl methyl sites for hydroxylation is 2. The van der Waals surface area contributed by atoms with Crippen molar-refractivity contribution in [1.29, 1.82) is 0 Å². The molecule has 0 spiro atoms. The van der Waals surface area contributed by atoms with Crippen molar-refractivity contribution in [3.05, 3.63) is 57.3 Å². The van der Waals surface area contributed by atoms with E-state index in [1.165, 1.54) is 5.56 Å². The second-order valence-corrected chi connectivity index (χ2v) is 6.00. The third-order valence-electron chi connectivity index (χ3n) is 3.27. The summed E-state index contributed by atoms with van der Waals surface area (Å²) in [4.78, 5) is 23.5. The van der Waals surface area contributed by atoms with Crippen LogP contribution in [0.25, 0.3) is 0 Å². The maximum Gasteiger partial charge on any atom is 0.313 e. The molecule has 23 heavy (non-hydrogen) atoms. The van der Waals surface area contributed by atoms with Gasteiger partial charge in [0.25, 0.3) is 0 Å². The Labute approximate surface area is 140 Å². The van der Waals surface area contributed by atoms with Gasteiger partial charge >= 0.3 is 11.9 Å². The van der Waals surface area contributed by atoms with Crippen molar-refractivity contribution in [2.24, 2.45) is 0 Å². The zero-order chi connectivity index (χ0) is 16.7. The van der Waals surface area contributed by atoms with Crippen molar-refractivity contribution >= 4 is 23.3 Å². The average Bonchev–Trinajstić information content (AvgIpc) is 2.97. The minimum Gasteiger partial charge on any atom is -0.393 e. The maximum absolute atomic E-state index is 11.5. The van der Waals surface area contributed by atoms with Crippen molar-refractivity contribution in [2.45, 2.75) is 33.1 Å². The van der Waals surface area contributed by atoms with Crippen LogP contribution in [0.3, 0.4) is 0 Å². The summed E-state index contributed by atoms with van der Waals surface area (Å²) in [5.41, 5.74) is 3.15. The topological polar surface area (TPSA) is 43.4 Å². The molecule has 2 aromatic rings. The molecule has 0 atom stereocenters. The summed E-state index contributed by atoms with van der Waals surface area (Å²) < 4.78 is 4.64. The first-order valence-electron chi connectivity index (χ1n) is 7.47. The molecule has 0 aliphatic heterocycles.